The Morgan fingerprint density at radius 3 is 2.12 bits per heavy atom. The molecule has 0 atom stereocenters. The van der Waals surface area contributed by atoms with Crippen LogP contribution in [0.5, 0.6) is 5.75 Å². The van der Waals surface area contributed by atoms with E-state index in [0.29, 0.717) is 5.69 Å². The van der Waals surface area contributed by atoms with Crippen molar-refractivity contribution in [3.8, 4) is 5.75 Å². The molecule has 1 aromatic carbocycles. The molecule has 130 valence electrons. The van der Waals surface area contributed by atoms with Gasteiger partial charge >= 0.3 is 11.9 Å². The Morgan fingerprint density at radius 2 is 1.62 bits per heavy atom. The minimum absolute atomic E-state index is 0.174. The molecule has 6 nitrogen and oxygen atoms in total. The number of cyclic esters (lactones) is 2. The summed E-state index contributed by atoms with van der Waals surface area (Å²) in [5, 5.41) is 2.89. The Hall–Kier alpha value is -2.50. The van der Waals surface area contributed by atoms with E-state index in [0.717, 1.165) is 18.6 Å². The van der Waals surface area contributed by atoms with Gasteiger partial charge in [-0.05, 0) is 37.1 Å². The summed E-state index contributed by atoms with van der Waals surface area (Å²) in [6, 6.07) is 7.27. The molecule has 1 heterocycles. The molecule has 2 rings (SSSR count). The van der Waals surface area contributed by atoms with Crippen molar-refractivity contribution in [2.75, 3.05) is 5.32 Å². The van der Waals surface area contributed by atoms with Crippen LogP contribution in [0.2, 0.25) is 0 Å². The number of carbonyl (C=O) groups is 2. The van der Waals surface area contributed by atoms with Crippen molar-refractivity contribution >= 4 is 17.6 Å². The Labute approximate surface area is 141 Å². The molecule has 0 radical (unpaired) electrons. The molecule has 0 bridgehead atoms. The van der Waals surface area contributed by atoms with Crippen LogP contribution < -0.4 is 10.1 Å². The van der Waals surface area contributed by atoms with Crippen LogP contribution in [-0.4, -0.2) is 23.8 Å². The van der Waals surface area contributed by atoms with Crippen molar-refractivity contribution in [1.82, 2.24) is 0 Å². The number of hydrogen-bond donors (Lipinski definition) is 1. The zero-order valence-corrected chi connectivity index (χ0v) is 14.4. The van der Waals surface area contributed by atoms with Gasteiger partial charge in [0.05, 0.1) is 6.10 Å². The number of carbonyl (C=O) groups excluding carboxylic acids is 2. The van der Waals surface area contributed by atoms with Gasteiger partial charge in [0.15, 0.2) is 5.57 Å². The van der Waals surface area contributed by atoms with Gasteiger partial charge in [-0.3, -0.25) is 0 Å². The summed E-state index contributed by atoms with van der Waals surface area (Å²) in [6.45, 7) is 7.18. The minimum atomic E-state index is -1.24. The fraction of sp³-hybridized carbons (Fsp3) is 0.444. The molecule has 1 aliphatic heterocycles. The predicted molar refractivity (Wildman–Crippen MR) is 89.4 cm³/mol. The number of esters is 2. The van der Waals surface area contributed by atoms with Gasteiger partial charge in [-0.2, -0.15) is 0 Å². The van der Waals surface area contributed by atoms with E-state index in [1.54, 1.807) is 12.1 Å². The Bertz CT molecular complexity index is 607. The molecule has 0 aliphatic carbocycles. The standard InChI is InChI=1S/C18H23NO5/c1-5-13(6-2)22-14-9-7-12(8-10-14)19-11-15-16(20)23-18(3,4)24-17(15)21/h7-11,13,19H,5-6H2,1-4H3. The molecule has 6 heteroatoms. The molecular formula is C18H23NO5. The van der Waals surface area contributed by atoms with Crippen molar-refractivity contribution in [2.24, 2.45) is 0 Å². The van der Waals surface area contributed by atoms with Gasteiger partial charge in [-0.15, -0.1) is 0 Å². The van der Waals surface area contributed by atoms with Crippen molar-refractivity contribution in [3.05, 3.63) is 36.0 Å². The average Bonchev–Trinajstić information content (AvgIpc) is 2.52. The number of ether oxygens (including phenoxy) is 3. The fourth-order valence-electron chi connectivity index (χ4n) is 2.21. The maximum absolute atomic E-state index is 11.8. The minimum Gasteiger partial charge on any atom is -0.490 e. The van der Waals surface area contributed by atoms with E-state index in [-0.39, 0.29) is 11.7 Å². The van der Waals surface area contributed by atoms with Gasteiger partial charge in [0.1, 0.15) is 5.75 Å². The van der Waals surface area contributed by atoms with Crippen LogP contribution in [0.4, 0.5) is 5.69 Å². The fourth-order valence-corrected chi connectivity index (χ4v) is 2.21. The molecule has 0 spiro atoms. The predicted octanol–water partition coefficient (Wildman–Crippen LogP) is 3.39. The highest BCUT2D eigenvalue weighted by Gasteiger charge is 2.38. The van der Waals surface area contributed by atoms with Crippen LogP contribution in [0.1, 0.15) is 40.5 Å². The number of hydrogen-bond acceptors (Lipinski definition) is 6. The summed E-state index contributed by atoms with van der Waals surface area (Å²) >= 11 is 0. The van der Waals surface area contributed by atoms with E-state index in [9.17, 15) is 9.59 Å². The van der Waals surface area contributed by atoms with E-state index in [1.165, 1.54) is 20.0 Å². The van der Waals surface area contributed by atoms with E-state index >= 15 is 0 Å². The highest BCUT2D eigenvalue weighted by atomic mass is 16.7. The zero-order chi connectivity index (χ0) is 17.7. The molecule has 0 unspecified atom stereocenters. The number of anilines is 1. The molecule has 0 aromatic heterocycles. The Kier molecular flexibility index (Phi) is 5.49. The third-order valence-electron chi connectivity index (χ3n) is 3.57. The lowest BCUT2D eigenvalue weighted by atomic mass is 10.2. The van der Waals surface area contributed by atoms with Gasteiger partial charge in [-0.25, -0.2) is 9.59 Å². The number of nitrogens with one attached hydrogen (secondary N) is 1. The molecule has 1 N–H and O–H groups in total. The molecule has 1 aliphatic rings. The summed E-state index contributed by atoms with van der Waals surface area (Å²) in [7, 11) is 0. The van der Waals surface area contributed by atoms with Crippen LogP contribution in [0, 0.1) is 0 Å². The molecular weight excluding hydrogens is 310 g/mol. The van der Waals surface area contributed by atoms with Crippen molar-refractivity contribution in [2.45, 2.75) is 52.4 Å². The first kappa shape index (κ1) is 17.8. The number of benzene rings is 1. The smallest absolute Gasteiger partial charge is 0.350 e. The molecule has 1 saturated heterocycles. The third kappa shape index (κ3) is 4.50. The van der Waals surface area contributed by atoms with Gasteiger partial charge in [0, 0.05) is 25.7 Å². The first-order valence-corrected chi connectivity index (χ1v) is 8.04. The summed E-state index contributed by atoms with van der Waals surface area (Å²) in [6.07, 6.45) is 3.38. The normalized spacial score (nSPS) is 16.5. The quantitative estimate of drug-likeness (QED) is 0.489. The average molecular weight is 333 g/mol. The van der Waals surface area contributed by atoms with E-state index < -0.39 is 17.7 Å². The summed E-state index contributed by atoms with van der Waals surface area (Å²) < 4.78 is 15.9. The highest BCUT2D eigenvalue weighted by Crippen LogP contribution is 2.23. The SMILES string of the molecule is CCC(CC)Oc1ccc(NC=C2C(=O)OC(C)(C)OC2=O)cc1. The lowest BCUT2D eigenvalue weighted by Gasteiger charge is -2.29. The maximum Gasteiger partial charge on any atom is 0.350 e. The first-order valence-electron chi connectivity index (χ1n) is 8.04. The largest absolute Gasteiger partial charge is 0.490 e. The summed E-state index contributed by atoms with van der Waals surface area (Å²) in [5.41, 5.74) is 0.538. The summed E-state index contributed by atoms with van der Waals surface area (Å²) in [5.74, 6) is -1.88. The molecule has 24 heavy (non-hydrogen) atoms. The first-order chi connectivity index (χ1) is 11.3. The van der Waals surface area contributed by atoms with Gasteiger partial charge < -0.3 is 19.5 Å². The van der Waals surface area contributed by atoms with Crippen LogP contribution in [0.25, 0.3) is 0 Å². The van der Waals surface area contributed by atoms with E-state index in [1.807, 2.05) is 12.1 Å². The van der Waals surface area contributed by atoms with Crippen LogP contribution in [0.3, 0.4) is 0 Å². The Morgan fingerprint density at radius 1 is 1.08 bits per heavy atom. The molecule has 0 saturated carbocycles. The van der Waals surface area contributed by atoms with Crippen molar-refractivity contribution in [3.63, 3.8) is 0 Å². The van der Waals surface area contributed by atoms with Gasteiger partial charge in [0.2, 0.25) is 0 Å². The van der Waals surface area contributed by atoms with E-state index in [4.69, 9.17) is 14.2 Å². The molecule has 1 fully saturated rings. The van der Waals surface area contributed by atoms with Crippen LogP contribution in [0.15, 0.2) is 36.0 Å². The van der Waals surface area contributed by atoms with Crippen LogP contribution >= 0.6 is 0 Å². The van der Waals surface area contributed by atoms with E-state index in [2.05, 4.69) is 19.2 Å². The van der Waals surface area contributed by atoms with Crippen molar-refractivity contribution in [1.29, 1.82) is 0 Å². The highest BCUT2D eigenvalue weighted by molar-refractivity contribution is 6.15. The number of rotatable bonds is 6. The summed E-state index contributed by atoms with van der Waals surface area (Å²) in [4.78, 5) is 23.7. The second-order valence-electron chi connectivity index (χ2n) is 5.96. The lowest BCUT2D eigenvalue weighted by Crippen LogP contribution is -2.42. The second-order valence-corrected chi connectivity index (χ2v) is 5.96. The van der Waals surface area contributed by atoms with Crippen LogP contribution in [-0.2, 0) is 19.1 Å². The monoisotopic (exact) mass is 333 g/mol. The molecule has 1 aromatic rings. The van der Waals surface area contributed by atoms with Crippen molar-refractivity contribution < 1.29 is 23.8 Å². The third-order valence-corrected chi connectivity index (χ3v) is 3.57. The molecule has 0 amide bonds. The second kappa shape index (κ2) is 7.38. The zero-order valence-electron chi connectivity index (χ0n) is 14.4. The maximum atomic E-state index is 11.8. The van der Waals surface area contributed by atoms with Gasteiger partial charge in [0.25, 0.3) is 5.79 Å². The topological polar surface area (TPSA) is 73.9 Å². The Balaban J connectivity index is 2.01. The van der Waals surface area contributed by atoms with Gasteiger partial charge in [-0.1, -0.05) is 13.8 Å². The lowest BCUT2D eigenvalue weighted by molar-refractivity contribution is -0.222.